The van der Waals surface area contributed by atoms with Gasteiger partial charge in [-0.15, -0.1) is 0 Å². The van der Waals surface area contributed by atoms with Crippen LogP contribution in [-0.2, 0) is 9.53 Å². The van der Waals surface area contributed by atoms with Gasteiger partial charge in [0.05, 0.1) is 17.3 Å². The average Bonchev–Trinajstić information content (AvgIpc) is 3.22. The third-order valence-electron chi connectivity index (χ3n) is 4.03. The number of carbonyl (C=O) groups excluding carboxylic acids is 3. The fraction of sp³-hybridized carbons (Fsp3) is 0.143. The van der Waals surface area contributed by atoms with Gasteiger partial charge in [0.1, 0.15) is 0 Å². The summed E-state index contributed by atoms with van der Waals surface area (Å²) in [4.78, 5) is 39.4. The van der Waals surface area contributed by atoms with Crippen LogP contribution in [0.2, 0.25) is 0 Å². The van der Waals surface area contributed by atoms with Crippen molar-refractivity contribution in [3.05, 3.63) is 65.9 Å². The molecule has 0 fully saturated rings. The predicted octanol–water partition coefficient (Wildman–Crippen LogP) is 2.93. The first-order chi connectivity index (χ1) is 14.0. The Labute approximate surface area is 166 Å². The first-order valence-electron chi connectivity index (χ1n) is 8.79. The van der Waals surface area contributed by atoms with E-state index in [0.29, 0.717) is 11.3 Å². The minimum Gasteiger partial charge on any atom is -0.452 e. The Bertz CT molecular complexity index is 1040. The van der Waals surface area contributed by atoms with Crippen LogP contribution in [0.5, 0.6) is 0 Å². The highest BCUT2D eigenvalue weighted by molar-refractivity contribution is 5.99. The number of amides is 3. The molecule has 2 aromatic carbocycles. The number of aromatic nitrogens is 1. The molecule has 3 rings (SSSR count). The van der Waals surface area contributed by atoms with E-state index in [4.69, 9.17) is 9.15 Å². The van der Waals surface area contributed by atoms with Gasteiger partial charge in [0, 0.05) is 12.6 Å². The number of nitrogens with one attached hydrogen (secondary N) is 2. The number of urea groups is 1. The number of oxazole rings is 1. The molecule has 29 heavy (non-hydrogen) atoms. The molecule has 3 amide bonds. The van der Waals surface area contributed by atoms with E-state index in [9.17, 15) is 14.4 Å². The van der Waals surface area contributed by atoms with Gasteiger partial charge in [-0.1, -0.05) is 42.0 Å². The maximum absolute atomic E-state index is 12.4. The lowest BCUT2D eigenvalue weighted by atomic mass is 10.1. The van der Waals surface area contributed by atoms with Gasteiger partial charge in [0.25, 0.3) is 5.91 Å². The number of benzene rings is 2. The molecule has 2 N–H and O–H groups in total. The van der Waals surface area contributed by atoms with Crippen LogP contribution in [0.4, 0.5) is 4.79 Å². The Morgan fingerprint density at radius 1 is 1.07 bits per heavy atom. The predicted molar refractivity (Wildman–Crippen MR) is 105 cm³/mol. The Hall–Kier alpha value is -3.94. The van der Waals surface area contributed by atoms with Crippen molar-refractivity contribution in [2.45, 2.75) is 6.92 Å². The van der Waals surface area contributed by atoms with E-state index in [1.807, 2.05) is 36.5 Å². The smallest absolute Gasteiger partial charge is 0.339 e. The van der Waals surface area contributed by atoms with Crippen molar-refractivity contribution >= 4 is 17.9 Å². The molecule has 0 saturated heterocycles. The third-order valence-corrected chi connectivity index (χ3v) is 4.03. The third kappa shape index (κ3) is 4.86. The molecule has 0 atom stereocenters. The standard InChI is InChI=1S/C21H19N3O5/c1-13-7-9-14(10-8-13)17-11-23-19(29-17)15-5-3-4-6-16(15)20(26)28-12-18(25)24-21(27)22-2/h3-11H,12H2,1-2H3,(H2,22,24,25,27). The van der Waals surface area contributed by atoms with Gasteiger partial charge in [0.15, 0.2) is 12.4 Å². The summed E-state index contributed by atoms with van der Waals surface area (Å²) in [5.74, 6) is -0.660. The maximum atomic E-state index is 12.4. The number of rotatable bonds is 5. The van der Waals surface area contributed by atoms with Gasteiger partial charge in [-0.2, -0.15) is 0 Å². The molecule has 148 valence electrons. The molecule has 0 saturated carbocycles. The van der Waals surface area contributed by atoms with Crippen LogP contribution in [0.25, 0.3) is 22.8 Å². The molecule has 8 nitrogen and oxygen atoms in total. The number of hydrogen-bond donors (Lipinski definition) is 2. The molecule has 0 aliphatic carbocycles. The van der Waals surface area contributed by atoms with E-state index in [-0.39, 0.29) is 11.5 Å². The van der Waals surface area contributed by atoms with Gasteiger partial charge in [-0.05, 0) is 19.1 Å². The van der Waals surface area contributed by atoms with Crippen molar-refractivity contribution in [2.24, 2.45) is 0 Å². The molecule has 0 spiro atoms. The van der Waals surface area contributed by atoms with Crippen LogP contribution < -0.4 is 10.6 Å². The van der Waals surface area contributed by atoms with E-state index in [1.165, 1.54) is 7.05 Å². The summed E-state index contributed by atoms with van der Waals surface area (Å²) in [5, 5.41) is 4.24. The molecule has 1 heterocycles. The second-order valence-corrected chi connectivity index (χ2v) is 6.14. The van der Waals surface area contributed by atoms with Crippen molar-refractivity contribution < 1.29 is 23.5 Å². The molecule has 0 aliphatic heterocycles. The minimum atomic E-state index is -0.743. The highest BCUT2D eigenvalue weighted by atomic mass is 16.5. The molecule has 0 radical (unpaired) electrons. The van der Waals surface area contributed by atoms with Crippen molar-refractivity contribution in [1.29, 1.82) is 0 Å². The number of nitrogens with zero attached hydrogens (tertiary/aromatic N) is 1. The number of hydrogen-bond acceptors (Lipinski definition) is 6. The fourth-order valence-electron chi connectivity index (χ4n) is 2.53. The number of imide groups is 1. The van der Waals surface area contributed by atoms with E-state index in [0.717, 1.165) is 11.1 Å². The first-order valence-corrected chi connectivity index (χ1v) is 8.79. The number of carbonyl (C=O) groups is 3. The summed E-state index contributed by atoms with van der Waals surface area (Å²) in [6.45, 7) is 1.40. The van der Waals surface area contributed by atoms with Crippen LogP contribution in [-0.4, -0.2) is 36.5 Å². The number of esters is 1. The largest absolute Gasteiger partial charge is 0.452 e. The molecule has 0 aliphatic rings. The van der Waals surface area contributed by atoms with Crippen molar-refractivity contribution in [3.63, 3.8) is 0 Å². The van der Waals surface area contributed by atoms with Gasteiger partial charge >= 0.3 is 12.0 Å². The number of ether oxygens (including phenoxy) is 1. The topological polar surface area (TPSA) is 111 Å². The van der Waals surface area contributed by atoms with Crippen LogP contribution in [0.3, 0.4) is 0 Å². The van der Waals surface area contributed by atoms with E-state index >= 15 is 0 Å². The van der Waals surface area contributed by atoms with Crippen LogP contribution in [0.15, 0.2) is 59.1 Å². The summed E-state index contributed by atoms with van der Waals surface area (Å²) in [6.07, 6.45) is 1.58. The highest BCUT2D eigenvalue weighted by Crippen LogP contribution is 2.28. The van der Waals surface area contributed by atoms with E-state index in [1.54, 1.807) is 30.5 Å². The zero-order valence-electron chi connectivity index (χ0n) is 15.9. The van der Waals surface area contributed by atoms with Gasteiger partial charge < -0.3 is 14.5 Å². The summed E-state index contributed by atoms with van der Waals surface area (Å²) < 4.78 is 10.8. The van der Waals surface area contributed by atoms with Crippen LogP contribution >= 0.6 is 0 Å². The summed E-state index contributed by atoms with van der Waals surface area (Å²) in [5.41, 5.74) is 2.61. The molecule has 8 heteroatoms. The summed E-state index contributed by atoms with van der Waals surface area (Å²) in [7, 11) is 1.37. The lowest BCUT2D eigenvalue weighted by Crippen LogP contribution is -2.39. The molecule has 3 aromatic rings. The van der Waals surface area contributed by atoms with Crippen molar-refractivity contribution in [3.8, 4) is 22.8 Å². The van der Waals surface area contributed by atoms with Gasteiger partial charge in [-0.25, -0.2) is 14.6 Å². The monoisotopic (exact) mass is 393 g/mol. The highest BCUT2D eigenvalue weighted by Gasteiger charge is 2.19. The van der Waals surface area contributed by atoms with Crippen LogP contribution in [0.1, 0.15) is 15.9 Å². The Kier molecular flexibility index (Phi) is 6.03. The van der Waals surface area contributed by atoms with Gasteiger partial charge in [-0.3, -0.25) is 10.1 Å². The molecule has 0 bridgehead atoms. The first kappa shape index (κ1) is 19.8. The normalized spacial score (nSPS) is 10.3. The van der Waals surface area contributed by atoms with E-state index < -0.39 is 24.5 Å². The van der Waals surface area contributed by atoms with Crippen LogP contribution in [0, 0.1) is 6.92 Å². The molecular formula is C21H19N3O5. The van der Waals surface area contributed by atoms with Crippen molar-refractivity contribution in [1.82, 2.24) is 15.6 Å². The Morgan fingerprint density at radius 2 is 1.79 bits per heavy atom. The minimum absolute atomic E-state index is 0.192. The lowest BCUT2D eigenvalue weighted by molar-refractivity contribution is -0.123. The quantitative estimate of drug-likeness (QED) is 0.645. The lowest BCUT2D eigenvalue weighted by Gasteiger charge is -2.08. The fourth-order valence-corrected chi connectivity index (χ4v) is 2.53. The number of aryl methyl sites for hydroxylation is 1. The maximum Gasteiger partial charge on any atom is 0.339 e. The second-order valence-electron chi connectivity index (χ2n) is 6.14. The Balaban J connectivity index is 1.77. The zero-order chi connectivity index (χ0) is 20.8. The Morgan fingerprint density at radius 3 is 2.52 bits per heavy atom. The zero-order valence-corrected chi connectivity index (χ0v) is 15.9. The molecule has 1 aromatic heterocycles. The SMILES string of the molecule is CNC(=O)NC(=O)COC(=O)c1ccccc1-c1ncc(-c2ccc(C)cc2)o1. The molecule has 0 unspecified atom stereocenters. The van der Waals surface area contributed by atoms with E-state index in [2.05, 4.69) is 10.3 Å². The molecular weight excluding hydrogens is 374 g/mol. The second kappa shape index (κ2) is 8.83. The summed E-state index contributed by atoms with van der Waals surface area (Å²) in [6, 6.07) is 13.7. The van der Waals surface area contributed by atoms with Crippen molar-refractivity contribution in [2.75, 3.05) is 13.7 Å². The van der Waals surface area contributed by atoms with Gasteiger partial charge in [0.2, 0.25) is 5.89 Å². The summed E-state index contributed by atoms with van der Waals surface area (Å²) >= 11 is 0. The average molecular weight is 393 g/mol.